The Morgan fingerprint density at radius 1 is 1.10 bits per heavy atom. The van der Waals surface area contributed by atoms with Crippen molar-refractivity contribution in [3.63, 3.8) is 0 Å². The van der Waals surface area contributed by atoms with Gasteiger partial charge in [0.15, 0.2) is 5.75 Å². The Morgan fingerprint density at radius 2 is 1.90 bits per heavy atom. The van der Waals surface area contributed by atoms with E-state index < -0.39 is 0 Å². The van der Waals surface area contributed by atoms with Crippen LogP contribution in [0.3, 0.4) is 0 Å². The summed E-state index contributed by atoms with van der Waals surface area (Å²) in [6.45, 7) is 0. The number of methoxy groups -OCH3 is 1. The maximum absolute atomic E-state index is 13.1. The van der Waals surface area contributed by atoms with Crippen LogP contribution in [-0.4, -0.2) is 30.0 Å². The Hall–Kier alpha value is -3.19. The number of aromatic nitrogens is 2. The molecule has 0 saturated carbocycles. The first-order chi connectivity index (χ1) is 14.5. The maximum Gasteiger partial charge on any atom is 0.229 e. The molecule has 30 heavy (non-hydrogen) atoms. The second-order valence-electron chi connectivity index (χ2n) is 6.65. The molecule has 2 heterocycles. The summed E-state index contributed by atoms with van der Waals surface area (Å²) >= 11 is 1.01. The molecule has 0 N–H and O–H groups in total. The van der Waals surface area contributed by atoms with Crippen LogP contribution in [0, 0.1) is 5.82 Å². The molecule has 0 spiro atoms. The molecule has 0 bridgehead atoms. The lowest BCUT2D eigenvalue weighted by Gasteiger charge is -2.14. The topological polar surface area (TPSA) is 52.1 Å². The Bertz CT molecular complexity index is 1220. The molecular weight excluding hydrogens is 398 g/mol. The molecule has 2 aromatic heterocycles. The molecule has 0 aliphatic rings. The van der Waals surface area contributed by atoms with Gasteiger partial charge < -0.3 is 4.74 Å². The van der Waals surface area contributed by atoms with E-state index in [1.165, 1.54) is 19.2 Å². The molecule has 7 heteroatoms. The smallest absolute Gasteiger partial charge is 0.229 e. The number of hydrogen-bond acceptors (Lipinski definition) is 5. The molecule has 4 rings (SSSR count). The van der Waals surface area contributed by atoms with Crippen LogP contribution < -0.4 is 10.2 Å². The van der Waals surface area contributed by atoms with Crippen LogP contribution >= 0.6 is 11.8 Å². The number of thioether (sulfide) groups is 1. The minimum absolute atomic E-state index is 0.226. The highest BCUT2D eigenvalue weighted by Gasteiger charge is 2.19. The van der Waals surface area contributed by atoms with E-state index in [1.807, 2.05) is 12.1 Å². The first-order valence-corrected chi connectivity index (χ1v) is 9.99. The van der Waals surface area contributed by atoms with Crippen molar-refractivity contribution in [2.75, 3.05) is 7.11 Å². The van der Waals surface area contributed by atoms with Gasteiger partial charge in [-0.05, 0) is 65.0 Å². The summed E-state index contributed by atoms with van der Waals surface area (Å²) in [5.74, 6) is 0.103. The van der Waals surface area contributed by atoms with Crippen molar-refractivity contribution in [2.45, 2.75) is 11.4 Å². The maximum atomic E-state index is 13.1. The first-order valence-electron chi connectivity index (χ1n) is 9.18. The highest BCUT2D eigenvalue weighted by molar-refractivity contribution is 8.14. The fourth-order valence-corrected chi connectivity index (χ4v) is 3.90. The van der Waals surface area contributed by atoms with Gasteiger partial charge in [-0.15, -0.1) is 0 Å². The van der Waals surface area contributed by atoms with E-state index in [9.17, 15) is 9.18 Å². The van der Waals surface area contributed by atoms with Crippen LogP contribution in [0.1, 0.15) is 21.5 Å². The third-order valence-electron chi connectivity index (χ3n) is 4.60. The molecule has 0 saturated heterocycles. The van der Waals surface area contributed by atoms with Gasteiger partial charge in [0.2, 0.25) is 5.12 Å². The summed E-state index contributed by atoms with van der Waals surface area (Å²) in [5.41, 5.74) is 3.18. The number of carbonyl (C=O) groups excluding carboxylic acids is 1. The van der Waals surface area contributed by atoms with Gasteiger partial charge in [0.1, 0.15) is 24.2 Å². The van der Waals surface area contributed by atoms with Crippen molar-refractivity contribution in [1.29, 1.82) is 0 Å². The Labute approximate surface area is 178 Å². The molecule has 4 nitrogen and oxygen atoms in total. The van der Waals surface area contributed by atoms with Crippen molar-refractivity contribution < 1.29 is 13.9 Å². The molecule has 0 unspecified atom stereocenters. The fraction of sp³-hybridized carbons (Fsp3) is 0.0870. The number of benzene rings is 2. The molecule has 2 radical (unpaired) electrons. The molecule has 0 amide bonds. The van der Waals surface area contributed by atoms with Gasteiger partial charge in [0.25, 0.3) is 0 Å². The molecule has 2 aromatic carbocycles. The Balaban J connectivity index is 1.70. The predicted octanol–water partition coefficient (Wildman–Crippen LogP) is 4.09. The lowest BCUT2D eigenvalue weighted by molar-refractivity contribution is 0.108. The third kappa shape index (κ3) is 4.21. The van der Waals surface area contributed by atoms with Gasteiger partial charge in [-0.25, -0.2) is 9.37 Å². The van der Waals surface area contributed by atoms with E-state index in [0.29, 0.717) is 39.1 Å². The van der Waals surface area contributed by atoms with Crippen LogP contribution in [0.5, 0.6) is 5.75 Å². The van der Waals surface area contributed by atoms with Crippen molar-refractivity contribution in [3.8, 4) is 5.75 Å². The number of halogens is 1. The normalized spacial score (nSPS) is 10.9. The molecule has 0 aliphatic heterocycles. The first kappa shape index (κ1) is 20.1. The van der Waals surface area contributed by atoms with Gasteiger partial charge in [0.05, 0.1) is 12.7 Å². The average Bonchev–Trinajstić information content (AvgIpc) is 2.76. The van der Waals surface area contributed by atoms with Gasteiger partial charge >= 0.3 is 0 Å². The quantitative estimate of drug-likeness (QED) is 0.364. The van der Waals surface area contributed by atoms with Gasteiger partial charge in [-0.2, -0.15) is 0 Å². The number of nitrogens with zero attached hydrogens (tertiary/aromatic N) is 2. The predicted molar refractivity (Wildman–Crippen MR) is 117 cm³/mol. The molecule has 146 valence electrons. The van der Waals surface area contributed by atoms with Crippen molar-refractivity contribution in [2.24, 2.45) is 0 Å². The monoisotopic (exact) mass is 414 g/mol. The van der Waals surface area contributed by atoms with Crippen LogP contribution in [0.4, 0.5) is 4.39 Å². The average molecular weight is 414 g/mol. The summed E-state index contributed by atoms with van der Waals surface area (Å²) in [5, 5.41) is 1.06. The number of hydrogen-bond donors (Lipinski definition) is 0. The number of pyridine rings is 2. The zero-order valence-electron chi connectivity index (χ0n) is 16.1. The van der Waals surface area contributed by atoms with Crippen molar-refractivity contribution in [3.05, 3.63) is 89.5 Å². The summed E-state index contributed by atoms with van der Waals surface area (Å²) < 4.78 is 18.7. The van der Waals surface area contributed by atoms with Crippen LogP contribution in [0.2, 0.25) is 0 Å². The molecular formula is C23H16BFN2O2S. The number of ether oxygens (including phenoxy) is 1. The van der Waals surface area contributed by atoms with Crippen molar-refractivity contribution >= 4 is 41.1 Å². The summed E-state index contributed by atoms with van der Waals surface area (Å²) in [7, 11) is 7.77. The third-order valence-corrected chi connectivity index (χ3v) is 5.45. The Morgan fingerprint density at radius 3 is 2.60 bits per heavy atom. The summed E-state index contributed by atoms with van der Waals surface area (Å²) in [4.78, 5) is 21.5. The molecule has 4 aromatic rings. The van der Waals surface area contributed by atoms with E-state index in [-0.39, 0.29) is 10.9 Å². The second kappa shape index (κ2) is 8.67. The number of fused-ring (bicyclic) bond motifs is 1. The molecule has 0 aliphatic carbocycles. The van der Waals surface area contributed by atoms with Crippen LogP contribution in [0.25, 0.3) is 10.9 Å². The van der Waals surface area contributed by atoms with E-state index in [4.69, 9.17) is 12.6 Å². The lowest BCUT2D eigenvalue weighted by Crippen LogP contribution is -2.11. The Kier molecular flexibility index (Phi) is 5.81. The fourth-order valence-electron chi connectivity index (χ4n) is 3.19. The van der Waals surface area contributed by atoms with Gasteiger partial charge in [-0.1, -0.05) is 29.7 Å². The largest absolute Gasteiger partial charge is 0.494 e. The highest BCUT2D eigenvalue weighted by atomic mass is 32.2. The minimum atomic E-state index is -0.273. The van der Waals surface area contributed by atoms with E-state index >= 15 is 0 Å². The van der Waals surface area contributed by atoms with Crippen LogP contribution in [-0.2, 0) is 6.42 Å². The minimum Gasteiger partial charge on any atom is -0.494 e. The van der Waals surface area contributed by atoms with Crippen molar-refractivity contribution in [1.82, 2.24) is 9.97 Å². The van der Waals surface area contributed by atoms with E-state index in [0.717, 1.165) is 22.9 Å². The summed E-state index contributed by atoms with van der Waals surface area (Å²) in [6.07, 6.45) is 3.93. The zero-order chi connectivity index (χ0) is 21.1. The molecule has 0 fully saturated rings. The molecule has 0 atom stereocenters. The van der Waals surface area contributed by atoms with E-state index in [1.54, 1.807) is 42.7 Å². The number of rotatable bonds is 5. The van der Waals surface area contributed by atoms with E-state index in [2.05, 4.69) is 9.97 Å². The standard InChI is InChI=1S/C23H16BFN2O2S/c1-29-22-18(23(28)30-20-4-2-3-9-26-20)12-19(24)17-11-15(13-27-21(17)22)10-14-5-7-16(25)8-6-14/h2-9,11-13H,10H2,1H3. The van der Waals surface area contributed by atoms with Gasteiger partial charge in [-0.3, -0.25) is 9.78 Å². The number of carbonyl (C=O) groups is 1. The highest BCUT2D eigenvalue weighted by Crippen LogP contribution is 2.32. The summed E-state index contributed by atoms with van der Waals surface area (Å²) in [6, 6.07) is 15.2. The lowest BCUT2D eigenvalue weighted by atomic mass is 9.88. The van der Waals surface area contributed by atoms with Crippen LogP contribution in [0.15, 0.2) is 72.0 Å². The zero-order valence-corrected chi connectivity index (χ0v) is 16.9. The SMILES string of the molecule is [B]c1cc(C(=O)Sc2ccccn2)c(OC)c2ncc(Cc3ccc(F)cc3)cc12. The second-order valence-corrected chi connectivity index (χ2v) is 7.64. The van der Waals surface area contributed by atoms with Gasteiger partial charge in [0, 0.05) is 12.4 Å².